The molecule has 1 heterocycles. The van der Waals surface area contributed by atoms with E-state index in [4.69, 9.17) is 5.73 Å². The van der Waals surface area contributed by atoms with Gasteiger partial charge in [0.05, 0.1) is 6.04 Å². The zero-order chi connectivity index (χ0) is 19.5. The SMILES string of the molecule is Cc1ccc(CNC(=O)C2CCN(C(=O)[C@@H](N)C(C)(C)C)CC2)cc1F. The molecule has 0 bridgehead atoms. The first kappa shape index (κ1) is 20.4. The van der Waals surface area contributed by atoms with Gasteiger partial charge in [0.15, 0.2) is 0 Å². The van der Waals surface area contributed by atoms with Crippen molar-refractivity contribution in [2.75, 3.05) is 13.1 Å². The molecular formula is C20H30FN3O2. The molecule has 0 saturated carbocycles. The molecule has 0 radical (unpaired) electrons. The molecule has 3 N–H and O–H groups in total. The van der Waals surface area contributed by atoms with Crippen molar-refractivity contribution in [1.82, 2.24) is 10.2 Å². The van der Waals surface area contributed by atoms with Gasteiger partial charge in [0.25, 0.3) is 0 Å². The second-order valence-corrected chi connectivity index (χ2v) is 8.24. The number of hydrogen-bond donors (Lipinski definition) is 2. The highest BCUT2D eigenvalue weighted by Gasteiger charge is 2.34. The number of amides is 2. The zero-order valence-electron chi connectivity index (χ0n) is 16.1. The van der Waals surface area contributed by atoms with Crippen molar-refractivity contribution >= 4 is 11.8 Å². The van der Waals surface area contributed by atoms with E-state index in [0.29, 0.717) is 38.0 Å². The number of rotatable bonds is 4. The molecule has 1 aliphatic rings. The number of likely N-dealkylation sites (tertiary alicyclic amines) is 1. The minimum Gasteiger partial charge on any atom is -0.352 e. The molecule has 2 amide bonds. The van der Waals surface area contributed by atoms with E-state index in [2.05, 4.69) is 5.32 Å². The van der Waals surface area contributed by atoms with Crippen LogP contribution in [0.15, 0.2) is 18.2 Å². The van der Waals surface area contributed by atoms with Gasteiger partial charge < -0.3 is 16.0 Å². The Morgan fingerprint density at radius 2 is 1.92 bits per heavy atom. The van der Waals surface area contributed by atoms with Crippen LogP contribution >= 0.6 is 0 Å². The molecule has 1 aliphatic heterocycles. The van der Waals surface area contributed by atoms with Crippen LogP contribution in [0.4, 0.5) is 4.39 Å². The molecule has 2 rings (SSSR count). The van der Waals surface area contributed by atoms with Gasteiger partial charge in [-0.05, 0) is 42.4 Å². The highest BCUT2D eigenvalue weighted by atomic mass is 19.1. The fourth-order valence-corrected chi connectivity index (χ4v) is 3.01. The summed E-state index contributed by atoms with van der Waals surface area (Å²) in [5.41, 5.74) is 7.10. The van der Waals surface area contributed by atoms with E-state index >= 15 is 0 Å². The number of halogens is 1. The van der Waals surface area contributed by atoms with Gasteiger partial charge in [0.2, 0.25) is 11.8 Å². The lowest BCUT2D eigenvalue weighted by Gasteiger charge is -2.36. The first-order chi connectivity index (χ1) is 12.1. The summed E-state index contributed by atoms with van der Waals surface area (Å²) in [5.74, 6) is -0.483. The molecule has 0 spiro atoms. The van der Waals surface area contributed by atoms with Crippen molar-refractivity contribution in [3.63, 3.8) is 0 Å². The Morgan fingerprint density at radius 3 is 2.46 bits per heavy atom. The third-order valence-corrected chi connectivity index (χ3v) is 5.08. The number of piperidine rings is 1. The predicted molar refractivity (Wildman–Crippen MR) is 99.7 cm³/mol. The predicted octanol–water partition coefficient (Wildman–Crippen LogP) is 2.36. The van der Waals surface area contributed by atoms with Crippen molar-refractivity contribution < 1.29 is 14.0 Å². The summed E-state index contributed by atoms with van der Waals surface area (Å²) in [6.45, 7) is 8.94. The van der Waals surface area contributed by atoms with Crippen LogP contribution in [0, 0.1) is 24.1 Å². The van der Waals surface area contributed by atoms with E-state index < -0.39 is 6.04 Å². The summed E-state index contributed by atoms with van der Waals surface area (Å²) in [4.78, 5) is 26.6. The number of nitrogens with one attached hydrogen (secondary N) is 1. The van der Waals surface area contributed by atoms with E-state index in [1.165, 1.54) is 6.07 Å². The van der Waals surface area contributed by atoms with Gasteiger partial charge in [0.1, 0.15) is 5.82 Å². The molecule has 1 fully saturated rings. The van der Waals surface area contributed by atoms with Crippen LogP contribution in [0.1, 0.15) is 44.7 Å². The lowest BCUT2D eigenvalue weighted by Crippen LogP contribution is -2.53. The fraction of sp³-hybridized carbons (Fsp3) is 0.600. The molecular weight excluding hydrogens is 333 g/mol. The van der Waals surface area contributed by atoms with Crippen molar-refractivity contribution in [2.45, 2.75) is 53.1 Å². The minimum absolute atomic E-state index is 0.0433. The Bertz CT molecular complexity index is 662. The van der Waals surface area contributed by atoms with E-state index in [0.717, 1.165) is 5.56 Å². The molecule has 1 aromatic rings. The van der Waals surface area contributed by atoms with E-state index in [-0.39, 0.29) is 29.0 Å². The molecule has 0 aliphatic carbocycles. The second-order valence-electron chi connectivity index (χ2n) is 8.24. The Kier molecular flexibility index (Phi) is 6.39. The number of nitrogens with two attached hydrogens (primary N) is 1. The maximum Gasteiger partial charge on any atom is 0.240 e. The number of carbonyl (C=O) groups excluding carboxylic acids is 2. The summed E-state index contributed by atoms with van der Waals surface area (Å²) in [7, 11) is 0. The van der Waals surface area contributed by atoms with Crippen LogP contribution in [0.2, 0.25) is 0 Å². The zero-order valence-corrected chi connectivity index (χ0v) is 16.1. The molecule has 0 unspecified atom stereocenters. The lowest BCUT2D eigenvalue weighted by atomic mass is 9.85. The van der Waals surface area contributed by atoms with E-state index in [1.807, 2.05) is 26.8 Å². The highest BCUT2D eigenvalue weighted by Crippen LogP contribution is 2.23. The summed E-state index contributed by atoms with van der Waals surface area (Å²) in [6.07, 6.45) is 1.24. The van der Waals surface area contributed by atoms with Gasteiger partial charge in [0, 0.05) is 25.6 Å². The Morgan fingerprint density at radius 1 is 1.31 bits per heavy atom. The molecule has 1 atom stereocenters. The maximum atomic E-state index is 13.6. The van der Waals surface area contributed by atoms with Crippen LogP contribution in [0.25, 0.3) is 0 Å². The average Bonchev–Trinajstić information content (AvgIpc) is 2.60. The van der Waals surface area contributed by atoms with Gasteiger partial charge in [-0.2, -0.15) is 0 Å². The number of carbonyl (C=O) groups is 2. The van der Waals surface area contributed by atoms with Crippen LogP contribution in [-0.2, 0) is 16.1 Å². The van der Waals surface area contributed by atoms with Gasteiger partial charge >= 0.3 is 0 Å². The number of hydrogen-bond acceptors (Lipinski definition) is 3. The van der Waals surface area contributed by atoms with Crippen LogP contribution in [-0.4, -0.2) is 35.8 Å². The third-order valence-electron chi connectivity index (χ3n) is 5.08. The highest BCUT2D eigenvalue weighted by molar-refractivity contribution is 5.83. The summed E-state index contributed by atoms with van der Waals surface area (Å²) in [6, 6.07) is 4.43. The minimum atomic E-state index is -0.538. The summed E-state index contributed by atoms with van der Waals surface area (Å²) in [5, 5.41) is 2.87. The monoisotopic (exact) mass is 363 g/mol. The van der Waals surface area contributed by atoms with E-state index in [1.54, 1.807) is 17.9 Å². The fourth-order valence-electron chi connectivity index (χ4n) is 3.01. The van der Waals surface area contributed by atoms with E-state index in [9.17, 15) is 14.0 Å². The van der Waals surface area contributed by atoms with Crippen LogP contribution < -0.4 is 11.1 Å². The van der Waals surface area contributed by atoms with Crippen LogP contribution in [0.3, 0.4) is 0 Å². The second kappa shape index (κ2) is 8.16. The number of aryl methyl sites for hydroxylation is 1. The largest absolute Gasteiger partial charge is 0.352 e. The molecule has 0 aromatic heterocycles. The lowest BCUT2D eigenvalue weighted by molar-refractivity contribution is -0.138. The van der Waals surface area contributed by atoms with Gasteiger partial charge in [-0.15, -0.1) is 0 Å². The standard InChI is InChI=1S/C20H30FN3O2/c1-13-5-6-14(11-16(13)21)12-23-18(25)15-7-9-24(10-8-15)19(26)17(22)20(2,3)4/h5-6,11,15,17H,7-10,12,22H2,1-4H3,(H,23,25)/t17-/m1/s1. The quantitative estimate of drug-likeness (QED) is 0.862. The molecule has 5 nitrogen and oxygen atoms in total. The van der Waals surface area contributed by atoms with Gasteiger partial charge in [-0.25, -0.2) is 4.39 Å². The molecule has 1 saturated heterocycles. The molecule has 144 valence electrons. The third kappa shape index (κ3) is 5.04. The van der Waals surface area contributed by atoms with Gasteiger partial charge in [-0.3, -0.25) is 9.59 Å². The first-order valence-corrected chi connectivity index (χ1v) is 9.16. The van der Waals surface area contributed by atoms with Crippen molar-refractivity contribution in [2.24, 2.45) is 17.1 Å². The van der Waals surface area contributed by atoms with Crippen molar-refractivity contribution in [1.29, 1.82) is 0 Å². The van der Waals surface area contributed by atoms with Gasteiger partial charge in [-0.1, -0.05) is 32.9 Å². The van der Waals surface area contributed by atoms with Crippen LogP contribution in [0.5, 0.6) is 0 Å². The smallest absolute Gasteiger partial charge is 0.240 e. The Labute approximate surface area is 155 Å². The number of nitrogens with zero attached hydrogens (tertiary/aromatic N) is 1. The average molecular weight is 363 g/mol. The topological polar surface area (TPSA) is 75.4 Å². The Hall–Kier alpha value is -1.95. The molecule has 6 heteroatoms. The summed E-state index contributed by atoms with van der Waals surface area (Å²) >= 11 is 0. The molecule has 1 aromatic carbocycles. The summed E-state index contributed by atoms with van der Waals surface area (Å²) < 4.78 is 13.6. The maximum absolute atomic E-state index is 13.6. The normalized spacial score (nSPS) is 17.1. The van der Waals surface area contributed by atoms with Crippen molar-refractivity contribution in [3.05, 3.63) is 35.1 Å². The number of benzene rings is 1. The first-order valence-electron chi connectivity index (χ1n) is 9.16. The Balaban J connectivity index is 1.82. The van der Waals surface area contributed by atoms with Crippen molar-refractivity contribution in [3.8, 4) is 0 Å². The molecule has 26 heavy (non-hydrogen) atoms.